The Morgan fingerprint density at radius 2 is 1.70 bits per heavy atom. The van der Waals surface area contributed by atoms with Crippen molar-refractivity contribution in [2.75, 3.05) is 26.2 Å². The summed E-state index contributed by atoms with van der Waals surface area (Å²) in [5, 5.41) is 0. The van der Waals surface area contributed by atoms with Crippen LogP contribution in [-0.2, 0) is 14.3 Å². The molecule has 0 atom stereocenters. The van der Waals surface area contributed by atoms with Crippen molar-refractivity contribution < 1.29 is 14.3 Å². The van der Waals surface area contributed by atoms with Gasteiger partial charge in [-0.05, 0) is 51.1 Å². The Labute approximate surface area is 121 Å². The Morgan fingerprint density at radius 3 is 2.30 bits per heavy atom. The maximum Gasteiger partial charge on any atom is 0.306 e. The third-order valence-corrected chi connectivity index (χ3v) is 4.89. The van der Waals surface area contributed by atoms with Gasteiger partial charge in [-0.1, -0.05) is 12.8 Å². The summed E-state index contributed by atoms with van der Waals surface area (Å²) in [4.78, 5) is 25.4. The Morgan fingerprint density at radius 1 is 1.05 bits per heavy atom. The van der Waals surface area contributed by atoms with Crippen LogP contribution in [0.5, 0.6) is 0 Å². The number of carbonyl (C=O) groups is 2. The molecule has 0 N–H and O–H groups in total. The summed E-state index contributed by atoms with van der Waals surface area (Å²) in [5.41, 5.74) is 0.602. The molecule has 2 fully saturated rings. The Kier molecular flexibility index (Phi) is 5.58. The van der Waals surface area contributed by atoms with Crippen LogP contribution in [0.2, 0.25) is 0 Å². The molecule has 0 aromatic carbocycles. The number of rotatable bonds is 6. The molecule has 1 saturated carbocycles. The maximum absolute atomic E-state index is 11.9. The van der Waals surface area contributed by atoms with Gasteiger partial charge in [0.2, 0.25) is 0 Å². The number of Topliss-reactive ketones (excluding diaryl/α,β-unsaturated/α-hetero) is 1. The molecule has 2 aliphatic rings. The van der Waals surface area contributed by atoms with Crippen LogP contribution >= 0.6 is 0 Å². The van der Waals surface area contributed by atoms with Gasteiger partial charge in [-0.2, -0.15) is 0 Å². The van der Waals surface area contributed by atoms with Crippen LogP contribution in [0.1, 0.15) is 58.3 Å². The fourth-order valence-electron chi connectivity index (χ4n) is 3.61. The van der Waals surface area contributed by atoms with E-state index in [4.69, 9.17) is 4.74 Å². The maximum atomic E-state index is 11.9. The summed E-state index contributed by atoms with van der Waals surface area (Å²) >= 11 is 0. The number of nitrogens with zero attached hydrogens (tertiary/aromatic N) is 1. The van der Waals surface area contributed by atoms with Gasteiger partial charge >= 0.3 is 5.97 Å². The summed E-state index contributed by atoms with van der Waals surface area (Å²) < 4.78 is 4.84. The predicted molar refractivity (Wildman–Crippen MR) is 77.4 cm³/mol. The number of likely N-dealkylation sites (tertiary alicyclic amines) is 1. The second-order valence-corrected chi connectivity index (χ2v) is 6.33. The van der Waals surface area contributed by atoms with Crippen LogP contribution in [-0.4, -0.2) is 42.9 Å². The van der Waals surface area contributed by atoms with Crippen molar-refractivity contribution in [3.8, 4) is 0 Å². The van der Waals surface area contributed by atoms with E-state index in [0.717, 1.165) is 13.1 Å². The number of piperidine rings is 1. The largest absolute Gasteiger partial charge is 0.466 e. The fourth-order valence-corrected chi connectivity index (χ4v) is 3.61. The van der Waals surface area contributed by atoms with Gasteiger partial charge in [0.05, 0.1) is 19.6 Å². The number of carbonyl (C=O) groups excluding carboxylic acids is 2. The second-order valence-electron chi connectivity index (χ2n) is 6.33. The first-order valence-electron chi connectivity index (χ1n) is 8.03. The third-order valence-electron chi connectivity index (χ3n) is 4.89. The lowest BCUT2D eigenvalue weighted by molar-refractivity contribution is -0.144. The summed E-state index contributed by atoms with van der Waals surface area (Å²) in [7, 11) is 0. The topological polar surface area (TPSA) is 46.6 Å². The van der Waals surface area contributed by atoms with Crippen molar-refractivity contribution in [2.24, 2.45) is 5.41 Å². The smallest absolute Gasteiger partial charge is 0.306 e. The van der Waals surface area contributed by atoms with Gasteiger partial charge < -0.3 is 4.74 Å². The molecule has 0 unspecified atom stereocenters. The van der Waals surface area contributed by atoms with Crippen molar-refractivity contribution >= 4 is 11.8 Å². The molecule has 114 valence electrons. The average Bonchev–Trinajstić information content (AvgIpc) is 2.88. The molecular weight excluding hydrogens is 254 g/mol. The van der Waals surface area contributed by atoms with Gasteiger partial charge in [-0.25, -0.2) is 0 Å². The zero-order valence-electron chi connectivity index (χ0n) is 12.7. The molecule has 1 aliphatic heterocycles. The van der Waals surface area contributed by atoms with E-state index < -0.39 is 0 Å². The monoisotopic (exact) mass is 281 g/mol. The highest BCUT2D eigenvalue weighted by molar-refractivity contribution is 5.84. The highest BCUT2D eigenvalue weighted by Crippen LogP contribution is 2.45. The van der Waals surface area contributed by atoms with Crippen molar-refractivity contribution in [3.05, 3.63) is 0 Å². The minimum absolute atomic E-state index is 0.167. The van der Waals surface area contributed by atoms with Crippen molar-refractivity contribution in [1.29, 1.82) is 0 Å². The lowest BCUT2D eigenvalue weighted by Gasteiger charge is -2.39. The van der Waals surface area contributed by atoms with Gasteiger partial charge in [-0.3, -0.25) is 14.5 Å². The summed E-state index contributed by atoms with van der Waals surface area (Å²) in [6.07, 6.45) is 8.59. The minimum atomic E-state index is -0.260. The normalized spacial score (nSPS) is 22.1. The van der Waals surface area contributed by atoms with E-state index in [9.17, 15) is 9.59 Å². The van der Waals surface area contributed by atoms with Gasteiger partial charge in [0, 0.05) is 6.42 Å². The first kappa shape index (κ1) is 15.5. The van der Waals surface area contributed by atoms with Gasteiger partial charge in [-0.15, -0.1) is 0 Å². The molecule has 0 bridgehead atoms. The number of ether oxygens (including phenoxy) is 1. The molecule has 2 rings (SSSR count). The van der Waals surface area contributed by atoms with Crippen molar-refractivity contribution in [2.45, 2.75) is 58.3 Å². The van der Waals surface area contributed by atoms with Gasteiger partial charge in [0.15, 0.2) is 0 Å². The number of hydrogen-bond acceptors (Lipinski definition) is 4. The van der Waals surface area contributed by atoms with E-state index in [1.54, 1.807) is 6.92 Å². The average molecular weight is 281 g/mol. The van der Waals surface area contributed by atoms with E-state index in [2.05, 4.69) is 4.90 Å². The quantitative estimate of drug-likeness (QED) is 0.702. The zero-order chi connectivity index (χ0) is 14.4. The van der Waals surface area contributed by atoms with Crippen molar-refractivity contribution in [3.63, 3.8) is 0 Å². The van der Waals surface area contributed by atoms with Crippen LogP contribution < -0.4 is 0 Å². The minimum Gasteiger partial charge on any atom is -0.466 e. The highest BCUT2D eigenvalue weighted by atomic mass is 16.5. The molecule has 1 spiro atoms. The van der Waals surface area contributed by atoms with Crippen LogP contribution in [0, 0.1) is 5.41 Å². The SMILES string of the molecule is CCOC(=O)CCC(=O)CN1CCC2(CCCC2)CC1. The lowest BCUT2D eigenvalue weighted by Crippen LogP contribution is -2.41. The molecular formula is C16H27NO3. The van der Waals surface area contributed by atoms with E-state index in [-0.39, 0.29) is 18.2 Å². The molecule has 0 radical (unpaired) electrons. The molecule has 1 heterocycles. The third kappa shape index (κ3) is 4.30. The molecule has 0 aromatic heterocycles. The van der Waals surface area contributed by atoms with E-state index in [1.165, 1.54) is 38.5 Å². The molecule has 0 amide bonds. The Hall–Kier alpha value is -0.900. The standard InChI is InChI=1S/C16H27NO3/c1-2-20-15(19)6-5-14(18)13-17-11-9-16(10-12-17)7-3-4-8-16/h2-13H2,1H3. The van der Waals surface area contributed by atoms with Crippen LogP contribution in [0.3, 0.4) is 0 Å². The number of ketones is 1. The lowest BCUT2D eigenvalue weighted by atomic mass is 9.77. The van der Waals surface area contributed by atoms with Crippen LogP contribution in [0.15, 0.2) is 0 Å². The molecule has 0 aromatic rings. The van der Waals surface area contributed by atoms with Gasteiger partial charge in [0.25, 0.3) is 0 Å². The molecule has 1 saturated heterocycles. The van der Waals surface area contributed by atoms with E-state index >= 15 is 0 Å². The van der Waals surface area contributed by atoms with E-state index in [1.807, 2.05) is 0 Å². The first-order valence-corrected chi connectivity index (χ1v) is 8.03. The molecule has 4 nitrogen and oxygen atoms in total. The van der Waals surface area contributed by atoms with E-state index in [0.29, 0.717) is 25.0 Å². The van der Waals surface area contributed by atoms with Crippen molar-refractivity contribution in [1.82, 2.24) is 4.90 Å². The molecule has 20 heavy (non-hydrogen) atoms. The Balaban J connectivity index is 1.64. The summed E-state index contributed by atoms with van der Waals surface area (Å²) in [6, 6.07) is 0. The summed E-state index contributed by atoms with van der Waals surface area (Å²) in [5.74, 6) is -0.0928. The molecule has 1 aliphatic carbocycles. The highest BCUT2D eigenvalue weighted by Gasteiger charge is 2.36. The predicted octanol–water partition coefficient (Wildman–Crippen LogP) is 2.56. The molecule has 4 heteroatoms. The first-order chi connectivity index (χ1) is 9.63. The van der Waals surface area contributed by atoms with Crippen LogP contribution in [0.4, 0.5) is 0 Å². The zero-order valence-corrected chi connectivity index (χ0v) is 12.7. The fraction of sp³-hybridized carbons (Fsp3) is 0.875. The Bertz CT molecular complexity index is 338. The summed E-state index contributed by atoms with van der Waals surface area (Å²) in [6.45, 7) is 4.78. The van der Waals surface area contributed by atoms with Crippen LogP contribution in [0.25, 0.3) is 0 Å². The second kappa shape index (κ2) is 7.21. The number of esters is 1. The van der Waals surface area contributed by atoms with Gasteiger partial charge in [0.1, 0.15) is 5.78 Å². The number of hydrogen-bond donors (Lipinski definition) is 0.